The van der Waals surface area contributed by atoms with Gasteiger partial charge in [-0.3, -0.25) is 9.59 Å². The van der Waals surface area contributed by atoms with E-state index in [-0.39, 0.29) is 35.4 Å². The third-order valence-corrected chi connectivity index (χ3v) is 9.99. The maximum Gasteiger partial charge on any atom is 0.262 e. The molecule has 1 atom stereocenters. The third kappa shape index (κ3) is 6.59. The molecule has 0 saturated heterocycles. The predicted molar refractivity (Wildman–Crippen MR) is 148 cm³/mol. The van der Waals surface area contributed by atoms with Crippen LogP contribution in [0.25, 0.3) is 10.1 Å². The molecule has 38 heavy (non-hydrogen) atoms. The molecule has 2 amide bonds. The molecule has 1 aromatic heterocycles. The topological polar surface area (TPSA) is 119 Å². The predicted octanol–water partition coefficient (Wildman–Crippen LogP) is 4.28. The number of nitriles is 1. The van der Waals surface area contributed by atoms with Crippen LogP contribution < -0.4 is 10.6 Å². The summed E-state index contributed by atoms with van der Waals surface area (Å²) >= 11 is 1.40. The molecular weight excluding hydrogens is 520 g/mol. The van der Waals surface area contributed by atoms with E-state index in [1.54, 1.807) is 12.1 Å². The molecule has 200 valence electrons. The van der Waals surface area contributed by atoms with Gasteiger partial charge in [0.2, 0.25) is 15.9 Å². The molecule has 0 radical (unpaired) electrons. The van der Waals surface area contributed by atoms with Crippen LogP contribution in [0.4, 0.5) is 0 Å². The number of hydrogen-bond donors (Lipinski definition) is 2. The molecule has 1 saturated carbocycles. The van der Waals surface area contributed by atoms with Crippen LogP contribution in [0.5, 0.6) is 0 Å². The van der Waals surface area contributed by atoms with Crippen LogP contribution in [0.1, 0.15) is 53.8 Å². The summed E-state index contributed by atoms with van der Waals surface area (Å²) in [5, 5.41) is 16.1. The third-order valence-electron chi connectivity index (χ3n) is 6.96. The Morgan fingerprint density at radius 1 is 1.13 bits per heavy atom. The Morgan fingerprint density at radius 3 is 2.58 bits per heavy atom. The van der Waals surface area contributed by atoms with E-state index >= 15 is 0 Å². The first-order chi connectivity index (χ1) is 18.3. The molecule has 1 heterocycles. The zero-order valence-electron chi connectivity index (χ0n) is 21.4. The maximum absolute atomic E-state index is 13.1. The van der Waals surface area contributed by atoms with Gasteiger partial charge in [0.1, 0.15) is 12.1 Å². The van der Waals surface area contributed by atoms with Crippen molar-refractivity contribution in [3.05, 3.63) is 65.0 Å². The van der Waals surface area contributed by atoms with Gasteiger partial charge < -0.3 is 10.6 Å². The fourth-order valence-corrected chi connectivity index (χ4v) is 7.16. The van der Waals surface area contributed by atoms with E-state index in [0.29, 0.717) is 23.6 Å². The molecule has 1 aliphatic carbocycles. The van der Waals surface area contributed by atoms with Crippen molar-refractivity contribution < 1.29 is 18.0 Å². The number of nitrogens with zero attached hydrogens (tertiary/aromatic N) is 2. The van der Waals surface area contributed by atoms with Crippen molar-refractivity contribution in [2.24, 2.45) is 5.92 Å². The molecule has 8 nitrogen and oxygen atoms in total. The number of carbonyl (C=O) groups is 2. The zero-order chi connectivity index (χ0) is 27.1. The second kappa shape index (κ2) is 12.5. The summed E-state index contributed by atoms with van der Waals surface area (Å²) in [7, 11) is -2.37. The van der Waals surface area contributed by atoms with Crippen molar-refractivity contribution in [2.45, 2.75) is 49.5 Å². The molecule has 3 aromatic rings. The summed E-state index contributed by atoms with van der Waals surface area (Å²) in [6.07, 6.45) is 5.35. The Kier molecular flexibility index (Phi) is 9.15. The first-order valence-corrected chi connectivity index (χ1v) is 15.1. The number of hydrogen-bond acceptors (Lipinski definition) is 6. The second-order valence-corrected chi connectivity index (χ2v) is 12.7. The highest BCUT2D eigenvalue weighted by Crippen LogP contribution is 2.29. The Morgan fingerprint density at radius 2 is 1.84 bits per heavy atom. The standard InChI is InChI=1S/C28H32N4O4S2/c1-32(38(35,36)26-14-7-5-12-22(26)19-29)16-8-15-30-27(33)23(17-20-9-2-3-10-20)31-28(34)25-18-21-11-4-6-13-24(21)37-25/h4-7,11-14,18,20,23H,2-3,8-10,15-17H2,1H3,(H,30,33)(H,31,34)/t23-/m0/s1. The van der Waals surface area contributed by atoms with E-state index < -0.39 is 16.1 Å². The van der Waals surface area contributed by atoms with Crippen molar-refractivity contribution in [3.8, 4) is 6.07 Å². The lowest BCUT2D eigenvalue weighted by Gasteiger charge is -2.22. The van der Waals surface area contributed by atoms with Crippen molar-refractivity contribution in [3.63, 3.8) is 0 Å². The van der Waals surface area contributed by atoms with Crippen molar-refractivity contribution >= 4 is 43.3 Å². The lowest BCUT2D eigenvalue weighted by molar-refractivity contribution is -0.123. The fraction of sp³-hybridized carbons (Fsp3) is 0.393. The molecule has 1 fully saturated rings. The van der Waals surface area contributed by atoms with Gasteiger partial charge in [0.15, 0.2) is 0 Å². The van der Waals surface area contributed by atoms with Crippen LogP contribution >= 0.6 is 11.3 Å². The average Bonchev–Trinajstić information content (AvgIpc) is 3.60. The largest absolute Gasteiger partial charge is 0.354 e. The van der Waals surface area contributed by atoms with E-state index in [9.17, 15) is 23.3 Å². The summed E-state index contributed by atoms with van der Waals surface area (Å²) < 4.78 is 28.0. The van der Waals surface area contributed by atoms with Gasteiger partial charge in [-0.25, -0.2) is 12.7 Å². The van der Waals surface area contributed by atoms with Crippen LogP contribution in [-0.4, -0.2) is 50.7 Å². The number of amides is 2. The summed E-state index contributed by atoms with van der Waals surface area (Å²) in [5.74, 6) is -0.122. The van der Waals surface area contributed by atoms with E-state index in [1.165, 1.54) is 34.8 Å². The molecule has 4 rings (SSSR count). The number of benzene rings is 2. The van der Waals surface area contributed by atoms with Crippen molar-refractivity contribution in [1.29, 1.82) is 5.26 Å². The first-order valence-electron chi connectivity index (χ1n) is 12.8. The second-order valence-electron chi connectivity index (χ2n) is 9.64. The highest BCUT2D eigenvalue weighted by Gasteiger charge is 2.28. The molecule has 0 unspecified atom stereocenters. The average molecular weight is 553 g/mol. The molecule has 0 aliphatic heterocycles. The van der Waals surface area contributed by atoms with Gasteiger partial charge in [-0.05, 0) is 48.4 Å². The number of nitrogens with one attached hydrogen (secondary N) is 2. The Balaban J connectivity index is 1.34. The maximum atomic E-state index is 13.1. The molecule has 10 heteroatoms. The van der Waals surface area contributed by atoms with Gasteiger partial charge in [0.25, 0.3) is 5.91 Å². The molecule has 0 spiro atoms. The van der Waals surface area contributed by atoms with Gasteiger partial charge in [-0.2, -0.15) is 5.26 Å². The molecule has 2 N–H and O–H groups in total. The van der Waals surface area contributed by atoms with E-state index in [2.05, 4.69) is 10.6 Å². The van der Waals surface area contributed by atoms with Crippen LogP contribution in [0, 0.1) is 17.2 Å². The SMILES string of the molecule is CN(CCCNC(=O)[C@H](CC1CCCC1)NC(=O)c1cc2ccccc2s1)S(=O)(=O)c1ccccc1C#N. The number of rotatable bonds is 11. The molecule has 1 aliphatic rings. The lowest BCUT2D eigenvalue weighted by atomic mass is 9.97. The smallest absolute Gasteiger partial charge is 0.262 e. The molecule has 2 aromatic carbocycles. The number of thiophene rings is 1. The summed E-state index contributed by atoms with van der Waals surface area (Å²) in [4.78, 5) is 26.7. The van der Waals surface area contributed by atoms with Crippen LogP contribution in [0.2, 0.25) is 0 Å². The normalized spacial score (nSPS) is 14.9. The molecule has 0 bridgehead atoms. The highest BCUT2D eigenvalue weighted by atomic mass is 32.2. The number of fused-ring (bicyclic) bond motifs is 1. The van der Waals surface area contributed by atoms with E-state index in [1.807, 2.05) is 36.4 Å². The van der Waals surface area contributed by atoms with Gasteiger partial charge in [-0.15, -0.1) is 11.3 Å². The van der Waals surface area contributed by atoms with Crippen LogP contribution in [-0.2, 0) is 14.8 Å². The van der Waals surface area contributed by atoms with Crippen LogP contribution in [0.15, 0.2) is 59.5 Å². The fourth-order valence-electron chi connectivity index (χ4n) is 4.84. The van der Waals surface area contributed by atoms with E-state index in [0.717, 1.165) is 35.8 Å². The quantitative estimate of drug-likeness (QED) is 0.344. The lowest BCUT2D eigenvalue weighted by Crippen LogP contribution is -2.48. The molecular formula is C28H32N4O4S2. The van der Waals surface area contributed by atoms with Crippen LogP contribution in [0.3, 0.4) is 0 Å². The van der Waals surface area contributed by atoms with Crippen molar-refractivity contribution in [2.75, 3.05) is 20.1 Å². The van der Waals surface area contributed by atoms with Gasteiger partial charge in [-0.1, -0.05) is 56.0 Å². The van der Waals surface area contributed by atoms with Gasteiger partial charge in [0, 0.05) is 24.8 Å². The first kappa shape index (κ1) is 27.8. The minimum Gasteiger partial charge on any atom is -0.354 e. The summed E-state index contributed by atoms with van der Waals surface area (Å²) in [5.41, 5.74) is 0.0942. The summed E-state index contributed by atoms with van der Waals surface area (Å²) in [6.45, 7) is 0.433. The zero-order valence-corrected chi connectivity index (χ0v) is 23.0. The Bertz CT molecular complexity index is 1410. The van der Waals surface area contributed by atoms with Gasteiger partial charge >= 0.3 is 0 Å². The number of carbonyl (C=O) groups excluding carboxylic acids is 2. The monoisotopic (exact) mass is 552 g/mol. The minimum atomic E-state index is -3.83. The minimum absolute atomic E-state index is 0.0328. The van der Waals surface area contributed by atoms with Crippen molar-refractivity contribution in [1.82, 2.24) is 14.9 Å². The number of sulfonamides is 1. The Labute approximate surface area is 227 Å². The van der Waals surface area contributed by atoms with Gasteiger partial charge in [0.05, 0.1) is 15.3 Å². The summed E-state index contributed by atoms with van der Waals surface area (Å²) in [6, 6.07) is 17.0. The highest BCUT2D eigenvalue weighted by molar-refractivity contribution is 7.89. The Hall–Kier alpha value is -3.26. The van der Waals surface area contributed by atoms with E-state index in [4.69, 9.17) is 0 Å².